The summed E-state index contributed by atoms with van der Waals surface area (Å²) in [6.07, 6.45) is 5.22. The zero-order valence-corrected chi connectivity index (χ0v) is 15.2. The molecule has 28 heavy (non-hydrogen) atoms. The fraction of sp³-hybridized carbons (Fsp3) is 0.250. The minimum atomic E-state index is -0.345. The van der Waals surface area contributed by atoms with Crippen LogP contribution in [0.3, 0.4) is 0 Å². The first-order valence-corrected chi connectivity index (χ1v) is 9.06. The van der Waals surface area contributed by atoms with Gasteiger partial charge < -0.3 is 4.90 Å². The molecule has 0 N–H and O–H groups in total. The third kappa shape index (κ3) is 3.48. The van der Waals surface area contributed by atoms with E-state index in [0.717, 1.165) is 10.9 Å². The van der Waals surface area contributed by atoms with Gasteiger partial charge in [-0.25, -0.2) is 9.48 Å². The van der Waals surface area contributed by atoms with Crippen molar-refractivity contribution in [1.82, 2.24) is 24.6 Å². The highest BCUT2D eigenvalue weighted by Crippen LogP contribution is 2.14. The molecule has 1 fully saturated rings. The van der Waals surface area contributed by atoms with E-state index >= 15 is 0 Å². The summed E-state index contributed by atoms with van der Waals surface area (Å²) in [5.41, 5.74) is 0.716. The van der Waals surface area contributed by atoms with Crippen molar-refractivity contribution >= 4 is 22.7 Å². The van der Waals surface area contributed by atoms with E-state index in [2.05, 4.69) is 10.1 Å². The summed E-state index contributed by atoms with van der Waals surface area (Å²) in [5, 5.41) is 5.49. The van der Waals surface area contributed by atoms with Crippen LogP contribution in [0.1, 0.15) is 12.0 Å². The number of imide groups is 1. The van der Waals surface area contributed by atoms with Crippen LogP contribution in [0.4, 0.5) is 4.79 Å². The predicted molar refractivity (Wildman–Crippen MR) is 102 cm³/mol. The highest BCUT2D eigenvalue weighted by atomic mass is 16.2. The molecule has 1 aliphatic heterocycles. The number of amides is 3. The van der Waals surface area contributed by atoms with E-state index in [1.165, 1.54) is 9.58 Å². The van der Waals surface area contributed by atoms with Crippen LogP contribution in [0.15, 0.2) is 59.8 Å². The molecule has 4 rings (SSSR count). The lowest BCUT2D eigenvalue weighted by atomic mass is 10.2. The van der Waals surface area contributed by atoms with E-state index in [1.807, 2.05) is 24.3 Å². The predicted octanol–water partition coefficient (Wildman–Crippen LogP) is 1.65. The Hall–Kier alpha value is -3.55. The molecule has 0 bridgehead atoms. The fourth-order valence-electron chi connectivity index (χ4n) is 3.30. The largest absolute Gasteiger partial charge is 0.327 e. The van der Waals surface area contributed by atoms with Crippen LogP contribution in [-0.2, 0) is 17.9 Å². The van der Waals surface area contributed by atoms with E-state index in [0.29, 0.717) is 18.5 Å². The van der Waals surface area contributed by atoms with Gasteiger partial charge in [-0.15, -0.1) is 0 Å². The second kappa shape index (κ2) is 7.59. The van der Waals surface area contributed by atoms with Gasteiger partial charge in [0.1, 0.15) is 0 Å². The van der Waals surface area contributed by atoms with Crippen molar-refractivity contribution in [3.05, 3.63) is 70.9 Å². The molecule has 0 unspecified atom stereocenters. The summed E-state index contributed by atoms with van der Waals surface area (Å²) in [7, 11) is 0. The maximum atomic E-state index is 12.8. The lowest BCUT2D eigenvalue weighted by Crippen LogP contribution is -2.53. The molecule has 0 aliphatic carbocycles. The van der Waals surface area contributed by atoms with E-state index in [4.69, 9.17) is 0 Å². The topological polar surface area (TPSA) is 88.4 Å². The van der Waals surface area contributed by atoms with E-state index < -0.39 is 0 Å². The van der Waals surface area contributed by atoms with Crippen LogP contribution in [0.5, 0.6) is 0 Å². The lowest BCUT2D eigenvalue weighted by Gasteiger charge is -2.34. The average molecular weight is 377 g/mol. The van der Waals surface area contributed by atoms with Crippen molar-refractivity contribution in [1.29, 1.82) is 0 Å². The number of hydrogen-bond acceptors (Lipinski definition) is 5. The normalized spacial score (nSPS) is 14.7. The molecule has 8 nitrogen and oxygen atoms in total. The van der Waals surface area contributed by atoms with Gasteiger partial charge in [0.25, 0.3) is 5.56 Å². The summed E-state index contributed by atoms with van der Waals surface area (Å²) in [6, 6.07) is 10.5. The molecule has 0 radical (unpaired) electrons. The summed E-state index contributed by atoms with van der Waals surface area (Å²) in [4.78, 5) is 44.4. The molecule has 142 valence electrons. The number of nitrogens with zero attached hydrogens (tertiary/aromatic N) is 5. The minimum Gasteiger partial charge on any atom is -0.319 e. The van der Waals surface area contributed by atoms with Crippen LogP contribution in [0.2, 0.25) is 0 Å². The average Bonchev–Trinajstić information content (AvgIpc) is 2.72. The summed E-state index contributed by atoms with van der Waals surface area (Å²) < 4.78 is 1.30. The van der Waals surface area contributed by atoms with Crippen LogP contribution >= 0.6 is 0 Å². The van der Waals surface area contributed by atoms with Gasteiger partial charge in [-0.2, -0.15) is 5.10 Å². The van der Waals surface area contributed by atoms with E-state index in [9.17, 15) is 14.4 Å². The second-order valence-electron chi connectivity index (χ2n) is 6.62. The van der Waals surface area contributed by atoms with Crippen molar-refractivity contribution < 1.29 is 9.59 Å². The van der Waals surface area contributed by atoms with Gasteiger partial charge in [0, 0.05) is 37.3 Å². The van der Waals surface area contributed by atoms with Gasteiger partial charge in [0.15, 0.2) is 0 Å². The number of carbonyl (C=O) groups excluding carboxylic acids is 2. The monoisotopic (exact) mass is 377 g/mol. The third-order valence-corrected chi connectivity index (χ3v) is 4.82. The zero-order chi connectivity index (χ0) is 19.5. The molecule has 1 aliphatic rings. The Morgan fingerprint density at radius 1 is 0.964 bits per heavy atom. The molecule has 0 spiro atoms. The molecule has 1 aromatic carbocycles. The van der Waals surface area contributed by atoms with Crippen molar-refractivity contribution in [2.45, 2.75) is 19.5 Å². The second-order valence-corrected chi connectivity index (χ2v) is 6.62. The Balaban J connectivity index is 1.49. The number of hydrogen-bond donors (Lipinski definition) is 0. The molecule has 3 amide bonds. The number of carbonyl (C=O) groups is 2. The SMILES string of the molecule is O=C1CCN(Cc2ccncc2)C(=O)N1CCn1ncc2ccccc2c1=O. The minimum absolute atomic E-state index is 0.107. The standard InChI is InChI=1S/C20H19N5O3/c26-18-7-10-23(14-15-5-8-21-9-6-15)20(28)24(18)11-12-25-19(27)17-4-2-1-3-16(17)13-22-25/h1-6,8-9,13H,7,10-12,14H2. The quantitative estimate of drug-likeness (QED) is 0.675. The highest BCUT2D eigenvalue weighted by Gasteiger charge is 2.31. The van der Waals surface area contributed by atoms with Crippen LogP contribution in [0, 0.1) is 0 Å². The molecular formula is C20H19N5O3. The smallest absolute Gasteiger partial charge is 0.319 e. The molecule has 0 saturated carbocycles. The van der Waals surface area contributed by atoms with Crippen molar-refractivity contribution in [3.8, 4) is 0 Å². The molecule has 3 aromatic rings. The first-order valence-electron chi connectivity index (χ1n) is 9.06. The number of fused-ring (bicyclic) bond motifs is 1. The van der Waals surface area contributed by atoms with Crippen molar-refractivity contribution in [3.63, 3.8) is 0 Å². The van der Waals surface area contributed by atoms with Gasteiger partial charge in [-0.3, -0.25) is 19.5 Å². The van der Waals surface area contributed by atoms with E-state index in [-0.39, 0.29) is 37.0 Å². The van der Waals surface area contributed by atoms with E-state index in [1.54, 1.807) is 35.6 Å². The first kappa shape index (κ1) is 17.8. The highest BCUT2D eigenvalue weighted by molar-refractivity contribution is 5.96. The molecular weight excluding hydrogens is 358 g/mol. The zero-order valence-electron chi connectivity index (χ0n) is 15.2. The van der Waals surface area contributed by atoms with Crippen molar-refractivity contribution in [2.24, 2.45) is 0 Å². The van der Waals surface area contributed by atoms with Gasteiger partial charge in [0.2, 0.25) is 5.91 Å². The van der Waals surface area contributed by atoms with Gasteiger partial charge >= 0.3 is 6.03 Å². The number of urea groups is 1. The molecule has 2 aromatic heterocycles. The maximum absolute atomic E-state index is 12.8. The molecule has 1 saturated heterocycles. The fourth-order valence-corrected chi connectivity index (χ4v) is 3.30. The maximum Gasteiger partial charge on any atom is 0.327 e. The van der Waals surface area contributed by atoms with Gasteiger partial charge in [0.05, 0.1) is 24.7 Å². The van der Waals surface area contributed by atoms with Crippen LogP contribution in [0.25, 0.3) is 10.8 Å². The Labute approximate surface area is 161 Å². The number of benzene rings is 1. The molecule has 0 atom stereocenters. The van der Waals surface area contributed by atoms with Crippen molar-refractivity contribution in [2.75, 3.05) is 13.1 Å². The Morgan fingerprint density at radius 3 is 2.57 bits per heavy atom. The van der Waals surface area contributed by atoms with Gasteiger partial charge in [-0.05, 0) is 23.8 Å². The third-order valence-electron chi connectivity index (χ3n) is 4.82. The molecule has 8 heteroatoms. The number of pyridine rings is 1. The Bertz CT molecular complexity index is 1080. The van der Waals surface area contributed by atoms with Gasteiger partial charge in [-0.1, -0.05) is 18.2 Å². The molecule has 3 heterocycles. The summed E-state index contributed by atoms with van der Waals surface area (Å²) in [5.74, 6) is -0.232. The van der Waals surface area contributed by atoms with Crippen LogP contribution < -0.4 is 5.56 Å². The lowest BCUT2D eigenvalue weighted by molar-refractivity contribution is -0.131. The summed E-state index contributed by atoms with van der Waals surface area (Å²) >= 11 is 0. The number of rotatable bonds is 5. The Kier molecular flexibility index (Phi) is 4.84. The first-order chi connectivity index (χ1) is 13.6. The Morgan fingerprint density at radius 2 is 1.75 bits per heavy atom. The van der Waals surface area contributed by atoms with Crippen LogP contribution in [-0.4, -0.2) is 49.6 Å². The number of aromatic nitrogens is 3. The summed E-state index contributed by atoms with van der Waals surface area (Å²) in [6.45, 7) is 1.06.